The van der Waals surface area contributed by atoms with Crippen molar-refractivity contribution in [2.75, 3.05) is 7.11 Å². The Morgan fingerprint density at radius 1 is 1.35 bits per heavy atom. The van der Waals surface area contributed by atoms with Crippen LogP contribution in [0.15, 0.2) is 24.3 Å². The van der Waals surface area contributed by atoms with E-state index in [0.29, 0.717) is 10.0 Å². The number of hydrogen-bond acceptors (Lipinski definition) is 5. The number of benzene rings is 1. The number of methoxy groups -OCH3 is 1. The Labute approximate surface area is 123 Å². The van der Waals surface area contributed by atoms with E-state index in [1.54, 1.807) is 24.3 Å². The Balaban J connectivity index is 2.40. The second-order valence-corrected chi connectivity index (χ2v) is 5.30. The zero-order chi connectivity index (χ0) is 14.7. The average molecular weight is 312 g/mol. The molecule has 1 heterocycles. The van der Waals surface area contributed by atoms with Gasteiger partial charge in [0.05, 0.1) is 19.2 Å². The van der Waals surface area contributed by atoms with Crippen LogP contribution >= 0.6 is 22.9 Å². The maximum atomic E-state index is 11.3. The van der Waals surface area contributed by atoms with Crippen molar-refractivity contribution in [3.63, 3.8) is 0 Å². The first-order chi connectivity index (χ1) is 9.51. The van der Waals surface area contributed by atoms with Crippen molar-refractivity contribution in [1.82, 2.24) is 4.98 Å². The predicted molar refractivity (Wildman–Crippen MR) is 75.2 cm³/mol. The number of nitrogens with zero attached hydrogens (tertiary/aromatic N) is 1. The molecule has 0 radical (unpaired) electrons. The van der Waals surface area contributed by atoms with Crippen LogP contribution < -0.4 is 0 Å². The number of esters is 1. The normalized spacial score (nSPS) is 10.3. The third-order valence-electron chi connectivity index (χ3n) is 2.52. The van der Waals surface area contributed by atoms with E-state index in [1.165, 1.54) is 7.11 Å². The van der Waals surface area contributed by atoms with Gasteiger partial charge in [0, 0.05) is 10.6 Å². The summed E-state index contributed by atoms with van der Waals surface area (Å²) in [7, 11) is 1.25. The summed E-state index contributed by atoms with van der Waals surface area (Å²) in [6.07, 6.45) is -0.164. The Morgan fingerprint density at radius 2 is 2.00 bits per heavy atom. The maximum Gasteiger partial charge on any atom is 0.347 e. The minimum atomic E-state index is -1.11. The van der Waals surface area contributed by atoms with Gasteiger partial charge in [0.15, 0.2) is 0 Å². The topological polar surface area (TPSA) is 76.5 Å². The molecule has 0 bridgehead atoms. The summed E-state index contributed by atoms with van der Waals surface area (Å²) in [5, 5.41) is 10.3. The molecule has 0 atom stereocenters. The van der Waals surface area contributed by atoms with E-state index in [-0.39, 0.29) is 17.0 Å². The highest BCUT2D eigenvalue weighted by Crippen LogP contribution is 2.29. The minimum absolute atomic E-state index is 0.0420. The number of carbonyl (C=O) groups is 2. The van der Waals surface area contributed by atoms with E-state index < -0.39 is 11.9 Å². The molecular weight excluding hydrogens is 302 g/mol. The fraction of sp³-hybridized carbons (Fsp3) is 0.154. The third-order valence-corrected chi connectivity index (χ3v) is 3.91. The molecule has 0 saturated carbocycles. The molecule has 0 unspecified atom stereocenters. The van der Waals surface area contributed by atoms with Gasteiger partial charge in [0.25, 0.3) is 0 Å². The van der Waals surface area contributed by atoms with Crippen LogP contribution in [0.2, 0.25) is 5.02 Å². The number of carbonyl (C=O) groups excluding carboxylic acids is 1. The number of rotatable bonds is 4. The molecule has 1 N–H and O–H groups in total. The highest BCUT2D eigenvalue weighted by molar-refractivity contribution is 7.17. The molecule has 1 aromatic heterocycles. The SMILES string of the molecule is COC(=O)Cc1nc(-c2ccc(Cl)cc2)sc1C(=O)O. The Bertz CT molecular complexity index is 651. The van der Waals surface area contributed by atoms with Gasteiger partial charge in [-0.15, -0.1) is 11.3 Å². The number of halogens is 1. The third kappa shape index (κ3) is 3.15. The lowest BCUT2D eigenvalue weighted by atomic mass is 10.2. The second kappa shape index (κ2) is 6.02. The number of aromatic carboxylic acids is 1. The van der Waals surface area contributed by atoms with Gasteiger partial charge < -0.3 is 9.84 Å². The molecule has 1 aromatic carbocycles. The van der Waals surface area contributed by atoms with Crippen LogP contribution in [0.1, 0.15) is 15.4 Å². The van der Waals surface area contributed by atoms with Crippen LogP contribution in [0.4, 0.5) is 0 Å². The van der Waals surface area contributed by atoms with Crippen molar-refractivity contribution in [2.24, 2.45) is 0 Å². The van der Waals surface area contributed by atoms with Crippen molar-refractivity contribution in [3.05, 3.63) is 39.9 Å². The van der Waals surface area contributed by atoms with E-state index in [0.717, 1.165) is 16.9 Å². The summed E-state index contributed by atoms with van der Waals surface area (Å²) in [4.78, 5) is 26.7. The van der Waals surface area contributed by atoms with Gasteiger partial charge in [-0.05, 0) is 12.1 Å². The molecule has 0 spiro atoms. The lowest BCUT2D eigenvalue weighted by Crippen LogP contribution is -2.08. The van der Waals surface area contributed by atoms with Gasteiger partial charge in [0.1, 0.15) is 9.88 Å². The summed E-state index contributed by atoms with van der Waals surface area (Å²) in [6, 6.07) is 6.88. The fourth-order valence-corrected chi connectivity index (χ4v) is 2.62. The van der Waals surface area contributed by atoms with Gasteiger partial charge >= 0.3 is 11.9 Å². The van der Waals surface area contributed by atoms with Crippen LogP contribution in [0.5, 0.6) is 0 Å². The van der Waals surface area contributed by atoms with Crippen LogP contribution in [0.3, 0.4) is 0 Å². The Morgan fingerprint density at radius 3 is 2.55 bits per heavy atom. The summed E-state index contributed by atoms with van der Waals surface area (Å²) in [6.45, 7) is 0. The lowest BCUT2D eigenvalue weighted by Gasteiger charge is -1.97. The highest BCUT2D eigenvalue weighted by Gasteiger charge is 2.20. The summed E-state index contributed by atoms with van der Waals surface area (Å²) >= 11 is 6.82. The van der Waals surface area contributed by atoms with Crippen molar-refractivity contribution < 1.29 is 19.4 Å². The monoisotopic (exact) mass is 311 g/mol. The van der Waals surface area contributed by atoms with Crippen molar-refractivity contribution in [2.45, 2.75) is 6.42 Å². The van der Waals surface area contributed by atoms with Gasteiger partial charge in [0.2, 0.25) is 0 Å². The Kier molecular flexibility index (Phi) is 4.36. The van der Waals surface area contributed by atoms with Crippen LogP contribution in [0, 0.1) is 0 Å². The van der Waals surface area contributed by atoms with Gasteiger partial charge in [-0.2, -0.15) is 0 Å². The van der Waals surface area contributed by atoms with E-state index >= 15 is 0 Å². The standard InChI is InChI=1S/C13H10ClNO4S/c1-19-10(16)6-9-11(13(17)18)20-12(15-9)7-2-4-8(14)5-3-7/h2-5H,6H2,1H3,(H,17,18). The molecule has 7 heteroatoms. The fourth-order valence-electron chi connectivity index (χ4n) is 1.56. The molecule has 0 aliphatic carbocycles. The zero-order valence-electron chi connectivity index (χ0n) is 10.4. The average Bonchev–Trinajstić information content (AvgIpc) is 2.83. The van der Waals surface area contributed by atoms with Crippen LogP contribution in [-0.2, 0) is 16.0 Å². The first kappa shape index (κ1) is 14.5. The molecule has 0 aliphatic rings. The number of ether oxygens (including phenoxy) is 1. The zero-order valence-corrected chi connectivity index (χ0v) is 12.0. The molecule has 20 heavy (non-hydrogen) atoms. The first-order valence-corrected chi connectivity index (χ1v) is 6.76. The van der Waals surface area contributed by atoms with E-state index in [4.69, 9.17) is 16.7 Å². The molecular formula is C13H10ClNO4S. The molecule has 5 nitrogen and oxygen atoms in total. The van der Waals surface area contributed by atoms with Crippen LogP contribution in [0.25, 0.3) is 10.6 Å². The molecule has 0 fully saturated rings. The molecule has 104 valence electrons. The number of aromatic nitrogens is 1. The number of carboxylic acids is 1. The summed E-state index contributed by atoms with van der Waals surface area (Å²) in [5.41, 5.74) is 0.956. The van der Waals surface area contributed by atoms with Gasteiger partial charge in [-0.1, -0.05) is 23.7 Å². The van der Waals surface area contributed by atoms with E-state index in [2.05, 4.69) is 9.72 Å². The van der Waals surface area contributed by atoms with E-state index in [1.807, 2.05) is 0 Å². The first-order valence-electron chi connectivity index (χ1n) is 5.57. The van der Waals surface area contributed by atoms with Crippen molar-refractivity contribution >= 4 is 34.9 Å². The maximum absolute atomic E-state index is 11.3. The quantitative estimate of drug-likeness (QED) is 0.879. The molecule has 2 rings (SSSR count). The van der Waals surface area contributed by atoms with Gasteiger partial charge in [-0.25, -0.2) is 9.78 Å². The molecule has 0 amide bonds. The molecule has 0 saturated heterocycles. The molecule has 2 aromatic rings. The second-order valence-electron chi connectivity index (χ2n) is 3.86. The highest BCUT2D eigenvalue weighted by atomic mass is 35.5. The smallest absolute Gasteiger partial charge is 0.347 e. The number of thiazole rings is 1. The summed E-state index contributed by atoms with van der Waals surface area (Å²) < 4.78 is 4.53. The van der Waals surface area contributed by atoms with Crippen molar-refractivity contribution in [1.29, 1.82) is 0 Å². The predicted octanol–water partition coefficient (Wildman–Crippen LogP) is 2.88. The van der Waals surface area contributed by atoms with E-state index in [9.17, 15) is 9.59 Å². The number of hydrogen-bond donors (Lipinski definition) is 1. The van der Waals surface area contributed by atoms with Gasteiger partial charge in [-0.3, -0.25) is 4.79 Å². The summed E-state index contributed by atoms with van der Waals surface area (Å²) in [5.74, 6) is -1.64. The van der Waals surface area contributed by atoms with Crippen LogP contribution in [-0.4, -0.2) is 29.1 Å². The Hall–Kier alpha value is -1.92. The molecule has 0 aliphatic heterocycles. The number of carboxylic acid groups (broad SMARTS) is 1. The van der Waals surface area contributed by atoms with Crippen molar-refractivity contribution in [3.8, 4) is 10.6 Å². The lowest BCUT2D eigenvalue weighted by molar-refractivity contribution is -0.139. The largest absolute Gasteiger partial charge is 0.477 e. The minimum Gasteiger partial charge on any atom is -0.477 e.